The quantitative estimate of drug-likeness (QED) is 0.0202. The molecule has 0 radical (unpaired) electrons. The van der Waals surface area contributed by atoms with Gasteiger partial charge in [0.2, 0.25) is 5.91 Å². The van der Waals surface area contributed by atoms with Gasteiger partial charge in [-0.1, -0.05) is 138 Å². The fourth-order valence-corrected chi connectivity index (χ4v) is 14.9. The number of rotatable bonds is 21. The number of carboxylic acid groups (broad SMARTS) is 1. The molecule has 2 saturated carbocycles. The third-order valence-corrected chi connectivity index (χ3v) is 21.2. The summed E-state index contributed by atoms with van der Waals surface area (Å²) in [6, 6.07) is 28.1. The SMILES string of the molecule is C=CC(=O)Nc1ccc(C(=O)O)cc1.FC(F)(F)c1cccc(CBr)c1.FC(F)(F)c1cccc(COCc2cnc(Br)s2)c1.FC(F)(F)c1cccc(COCc2cnc(NC3CCCCC3)s2)c1.FC(F)(F)c1cccc(COCc2cnc(N[C@@H]3CCCNC3)s2)c1.NC1CCCCC1.OCc1cnc(Br)s1. The normalized spacial score (nSPS) is 14.6. The Hall–Kier alpha value is -6.74. The van der Waals surface area contributed by atoms with Crippen LogP contribution < -0.4 is 27.0 Å². The summed E-state index contributed by atoms with van der Waals surface area (Å²) >= 11 is 15.4. The van der Waals surface area contributed by atoms with Crippen LogP contribution in [0.15, 0.2) is 167 Å². The highest BCUT2D eigenvalue weighted by Crippen LogP contribution is 2.35. The number of carboxylic acids is 1. The number of halogens is 15. The first-order valence-electron chi connectivity index (χ1n) is 34.3. The Bertz CT molecular complexity index is 4050. The number of piperidine rings is 1. The molecular formula is C75H82Br3F12N9O7S4. The maximum Gasteiger partial charge on any atom is 0.416 e. The van der Waals surface area contributed by atoms with Gasteiger partial charge < -0.3 is 51.4 Å². The minimum absolute atomic E-state index is 0.0866. The number of nitrogens with one attached hydrogen (secondary N) is 4. The maximum absolute atomic E-state index is 12.7. The number of benzene rings is 5. The van der Waals surface area contributed by atoms with Crippen molar-refractivity contribution in [3.63, 3.8) is 0 Å². The standard InChI is InChI=1S/C18H21F3N2OS.C17H20F3N3OS.C12H9BrF3NOS.C10H9NO3.C8H6BrF3.C6H13N.C4H4BrNOS/c19-18(20,21)14-6-4-5-13(9-14)11-24-12-16-10-22-17(25-16)23-15-7-2-1-3-8-15;18-17(19,20)13-4-1-3-12(7-13)10-24-11-15-9-22-16(25-15)23-14-5-2-6-21-8-14;13-11-17-5-10(19-11)7-18-6-8-2-1-3-9(4-8)12(14,15)16;1-2-9(12)11-8-5-3-7(4-6-8)10(13)14;9-5-6-2-1-3-7(4-6)8(10,11)12;7-6-4-2-1-3-5-6;5-4-6-1-3(2-7)8-4/h4-6,9-10,15H,1-3,7-8,11-12H2,(H,22,23);1,3-4,7,9,14,21H,2,5-6,8,10-11H2,(H,22,23);1-5H,6-7H2;2-6H,1H2,(H,11,12)(H,13,14);1-4H,5H2;6H,1-5,7H2;1,7H,2H2/t;14-;;;;;/m.1...../s1. The van der Waals surface area contributed by atoms with Crippen LogP contribution in [0.2, 0.25) is 0 Å². The van der Waals surface area contributed by atoms with Crippen LogP contribution in [-0.2, 0) is 95.3 Å². The van der Waals surface area contributed by atoms with Crippen LogP contribution in [-0.4, -0.2) is 73.2 Å². The number of anilines is 3. The van der Waals surface area contributed by atoms with Gasteiger partial charge in [-0.3, -0.25) is 4.79 Å². The molecule has 0 spiro atoms. The molecule has 1 amide bonds. The highest BCUT2D eigenvalue weighted by Gasteiger charge is 2.33. The second kappa shape index (κ2) is 47.7. The number of hydrogen-bond donors (Lipinski definition) is 7. The number of aromatic carboxylic acids is 1. The van der Waals surface area contributed by atoms with E-state index in [9.17, 15) is 62.3 Å². The van der Waals surface area contributed by atoms with Crippen LogP contribution in [0.4, 0.5) is 68.6 Å². The number of thiazole rings is 4. The molecule has 5 aromatic carbocycles. The van der Waals surface area contributed by atoms with E-state index < -0.39 is 52.9 Å². The van der Waals surface area contributed by atoms with Gasteiger partial charge in [-0.05, 0) is 172 Å². The highest BCUT2D eigenvalue weighted by molar-refractivity contribution is 9.11. The van der Waals surface area contributed by atoms with Gasteiger partial charge in [-0.2, -0.15) is 52.7 Å². The van der Waals surface area contributed by atoms with Crippen LogP contribution in [0.1, 0.15) is 151 Å². The van der Waals surface area contributed by atoms with Gasteiger partial charge in [0.05, 0.1) is 93.6 Å². The minimum Gasteiger partial charge on any atom is -0.478 e. The predicted molar refractivity (Wildman–Crippen MR) is 417 cm³/mol. The van der Waals surface area contributed by atoms with Crippen molar-refractivity contribution in [2.45, 2.75) is 171 Å². The van der Waals surface area contributed by atoms with Crippen LogP contribution >= 0.6 is 93.1 Å². The van der Waals surface area contributed by atoms with E-state index in [4.69, 9.17) is 30.2 Å². The number of amides is 1. The van der Waals surface area contributed by atoms with E-state index in [0.717, 1.165) is 118 Å². The maximum atomic E-state index is 12.7. The number of ether oxygens (including phenoxy) is 3. The lowest BCUT2D eigenvalue weighted by Crippen LogP contribution is -2.38. The van der Waals surface area contributed by atoms with Gasteiger partial charge in [0.15, 0.2) is 18.1 Å². The second-order valence-corrected chi connectivity index (χ2v) is 32.2. The molecule has 16 nitrogen and oxygen atoms in total. The third-order valence-electron chi connectivity index (χ3n) is 15.8. The molecule has 1 saturated heterocycles. The lowest BCUT2D eigenvalue weighted by molar-refractivity contribution is -0.138. The molecule has 3 aliphatic rings. The van der Waals surface area contributed by atoms with Crippen molar-refractivity contribution in [1.29, 1.82) is 0 Å². The third kappa shape index (κ3) is 36.4. The summed E-state index contributed by atoms with van der Waals surface area (Å²) in [6.45, 7) is 6.81. The lowest BCUT2D eigenvalue weighted by Gasteiger charge is -2.23. The summed E-state index contributed by atoms with van der Waals surface area (Å²) in [5, 5.41) is 32.0. The molecule has 1 atom stereocenters. The van der Waals surface area contributed by atoms with Crippen LogP contribution in [0.3, 0.4) is 0 Å². The summed E-state index contributed by atoms with van der Waals surface area (Å²) in [5.41, 5.74) is 5.95. The first-order valence-corrected chi connectivity index (χ1v) is 40.2. The molecule has 4 aromatic heterocycles. The van der Waals surface area contributed by atoms with E-state index in [1.54, 1.807) is 60.4 Å². The van der Waals surface area contributed by atoms with Crippen molar-refractivity contribution in [3.8, 4) is 0 Å². The summed E-state index contributed by atoms with van der Waals surface area (Å²) in [4.78, 5) is 41.6. The topological polar surface area (TPSA) is 228 Å². The molecule has 12 rings (SSSR count). The summed E-state index contributed by atoms with van der Waals surface area (Å²) < 4.78 is 168. The zero-order valence-corrected chi connectivity index (χ0v) is 67.1. The van der Waals surface area contributed by atoms with Crippen LogP contribution in [0.25, 0.3) is 0 Å². The van der Waals surface area contributed by atoms with Crippen LogP contribution in [0, 0.1) is 0 Å². The van der Waals surface area contributed by atoms with E-state index in [0.29, 0.717) is 71.2 Å². The Morgan fingerprint density at radius 1 is 0.518 bits per heavy atom. The van der Waals surface area contributed by atoms with Crippen molar-refractivity contribution in [1.82, 2.24) is 25.3 Å². The lowest BCUT2D eigenvalue weighted by atomic mass is 9.96. The van der Waals surface area contributed by atoms with Gasteiger partial charge in [-0.25, -0.2) is 24.7 Å². The van der Waals surface area contributed by atoms with Gasteiger partial charge in [0, 0.05) is 60.5 Å². The Morgan fingerprint density at radius 2 is 0.900 bits per heavy atom. The molecule has 8 N–H and O–H groups in total. The van der Waals surface area contributed by atoms with Gasteiger partial charge in [-0.15, -0.1) is 22.7 Å². The zero-order chi connectivity index (χ0) is 80.1. The van der Waals surface area contributed by atoms with Crippen molar-refractivity contribution in [2.75, 3.05) is 29.0 Å². The van der Waals surface area contributed by atoms with Crippen molar-refractivity contribution < 1.29 is 86.7 Å². The summed E-state index contributed by atoms with van der Waals surface area (Å²) in [5.74, 6) is -1.32. The average Bonchev–Trinajstić information content (AvgIpc) is 1.38. The van der Waals surface area contributed by atoms with E-state index in [1.807, 2.05) is 0 Å². The van der Waals surface area contributed by atoms with Gasteiger partial charge in [0.1, 0.15) is 0 Å². The number of aliphatic hydroxyl groups is 1. The second-order valence-electron chi connectivity index (χ2n) is 24.6. The smallest absolute Gasteiger partial charge is 0.416 e. The summed E-state index contributed by atoms with van der Waals surface area (Å²) in [7, 11) is 0. The molecule has 35 heteroatoms. The molecule has 110 heavy (non-hydrogen) atoms. The van der Waals surface area contributed by atoms with E-state index >= 15 is 0 Å². The first kappa shape index (κ1) is 92.1. The number of aromatic nitrogens is 4. The molecule has 1 aliphatic heterocycles. The molecule has 0 bridgehead atoms. The monoisotopic (exact) mass is 1810 g/mol. The molecule has 9 aromatic rings. The Labute approximate surface area is 670 Å². The molecular weight excluding hydrogens is 1730 g/mol. The number of nitrogens with zero attached hydrogens (tertiary/aromatic N) is 4. The largest absolute Gasteiger partial charge is 0.478 e. The molecule has 5 heterocycles. The Morgan fingerprint density at radius 3 is 1.25 bits per heavy atom. The number of alkyl halides is 13. The van der Waals surface area contributed by atoms with E-state index in [1.165, 1.54) is 147 Å². The number of carbonyl (C=O) groups excluding carboxylic acids is 1. The zero-order valence-electron chi connectivity index (χ0n) is 59.0. The fraction of sp³-hybridized carbons (Fsp3) is 0.387. The Kier molecular flexibility index (Phi) is 40.0. The number of carbonyl (C=O) groups is 2. The molecule has 3 fully saturated rings. The fourth-order valence-electron chi connectivity index (χ4n) is 10.3. The number of nitrogens with two attached hydrogens (primary N) is 1. The van der Waals surface area contributed by atoms with Crippen molar-refractivity contribution in [2.24, 2.45) is 5.73 Å². The molecule has 598 valence electrons. The van der Waals surface area contributed by atoms with Crippen molar-refractivity contribution >= 4 is 121 Å². The average molecular weight is 1820 g/mol. The van der Waals surface area contributed by atoms with Gasteiger partial charge >= 0.3 is 30.7 Å². The first-order chi connectivity index (χ1) is 52.3. The Balaban J connectivity index is 0.000000209. The van der Waals surface area contributed by atoms with Crippen LogP contribution in [0.5, 0.6) is 0 Å². The highest BCUT2D eigenvalue weighted by atomic mass is 79.9. The minimum atomic E-state index is -4.33. The number of aliphatic hydroxyl groups excluding tert-OH is 1. The number of hydrogen-bond acceptors (Lipinski definition) is 18. The molecule has 0 unspecified atom stereocenters. The van der Waals surface area contributed by atoms with Crippen molar-refractivity contribution in [3.05, 3.63) is 236 Å². The van der Waals surface area contributed by atoms with E-state index in [-0.39, 0.29) is 37.9 Å². The molecule has 2 aliphatic carbocycles. The summed E-state index contributed by atoms with van der Waals surface area (Å²) in [6.07, 6.45) is 5.88. The van der Waals surface area contributed by atoms with E-state index in [2.05, 4.69) is 95.6 Å². The predicted octanol–water partition coefficient (Wildman–Crippen LogP) is 22.1. The van der Waals surface area contributed by atoms with Gasteiger partial charge in [0.25, 0.3) is 0 Å².